The molecule has 0 aliphatic rings. The fourth-order valence-electron chi connectivity index (χ4n) is 2.24. The Labute approximate surface area is 140 Å². The molecular weight excluding hydrogens is 309 g/mol. The van der Waals surface area contributed by atoms with Gasteiger partial charge in [-0.05, 0) is 31.5 Å². The van der Waals surface area contributed by atoms with E-state index < -0.39 is 11.9 Å². The van der Waals surface area contributed by atoms with Crippen LogP contribution in [0.1, 0.15) is 27.0 Å². The average molecular weight is 329 g/mol. The van der Waals surface area contributed by atoms with E-state index >= 15 is 0 Å². The van der Waals surface area contributed by atoms with Crippen molar-refractivity contribution < 1.29 is 18.7 Å². The van der Waals surface area contributed by atoms with Gasteiger partial charge in [0.2, 0.25) is 0 Å². The predicted molar refractivity (Wildman–Crippen MR) is 89.1 cm³/mol. The number of hydrogen-bond acceptors (Lipinski definition) is 3. The number of hydrogen-bond donors (Lipinski definition) is 0. The summed E-state index contributed by atoms with van der Waals surface area (Å²) in [6.07, 6.45) is 0. The molecule has 0 saturated heterocycles. The number of carbonyl (C=O) groups excluding carboxylic acids is 2. The molecule has 0 spiro atoms. The van der Waals surface area contributed by atoms with Gasteiger partial charge < -0.3 is 9.64 Å². The first-order valence-corrected chi connectivity index (χ1v) is 7.60. The second kappa shape index (κ2) is 7.73. The molecule has 0 aliphatic carbocycles. The summed E-state index contributed by atoms with van der Waals surface area (Å²) in [5.74, 6) is -1.30. The van der Waals surface area contributed by atoms with Crippen LogP contribution in [-0.2, 0) is 16.1 Å². The monoisotopic (exact) mass is 329 g/mol. The first kappa shape index (κ1) is 17.7. The molecule has 5 heteroatoms. The van der Waals surface area contributed by atoms with Crippen molar-refractivity contribution >= 4 is 11.9 Å². The molecule has 1 amide bonds. The van der Waals surface area contributed by atoms with Gasteiger partial charge in [0.1, 0.15) is 5.82 Å². The van der Waals surface area contributed by atoms with E-state index in [2.05, 4.69) is 0 Å². The maximum absolute atomic E-state index is 13.6. The standard InChI is InChI=1S/C19H20FNO3/c1-13-8-9-14(2)16(10-13)19(23)24-12-18(22)21(3)11-15-6-4-5-7-17(15)20/h4-10H,11-12H2,1-3H3. The highest BCUT2D eigenvalue weighted by Gasteiger charge is 2.16. The van der Waals surface area contributed by atoms with E-state index in [1.807, 2.05) is 26.0 Å². The zero-order valence-corrected chi connectivity index (χ0v) is 14.0. The lowest BCUT2D eigenvalue weighted by Gasteiger charge is -2.17. The van der Waals surface area contributed by atoms with E-state index in [0.29, 0.717) is 11.1 Å². The zero-order valence-electron chi connectivity index (χ0n) is 14.0. The molecule has 2 rings (SSSR count). The van der Waals surface area contributed by atoms with E-state index in [-0.39, 0.29) is 19.0 Å². The Bertz CT molecular complexity index is 758. The lowest BCUT2D eigenvalue weighted by Crippen LogP contribution is -2.31. The van der Waals surface area contributed by atoms with Gasteiger partial charge in [-0.1, -0.05) is 35.9 Å². The van der Waals surface area contributed by atoms with Crippen molar-refractivity contribution in [2.24, 2.45) is 0 Å². The molecule has 0 atom stereocenters. The number of amides is 1. The Balaban J connectivity index is 1.93. The van der Waals surface area contributed by atoms with Gasteiger partial charge in [-0.3, -0.25) is 4.79 Å². The molecule has 0 heterocycles. The van der Waals surface area contributed by atoms with Gasteiger partial charge in [0.05, 0.1) is 5.56 Å². The van der Waals surface area contributed by atoms with Crippen LogP contribution in [0.25, 0.3) is 0 Å². The Kier molecular flexibility index (Phi) is 5.68. The van der Waals surface area contributed by atoms with Crippen molar-refractivity contribution in [3.05, 3.63) is 70.5 Å². The minimum atomic E-state index is -0.538. The van der Waals surface area contributed by atoms with Gasteiger partial charge in [0.25, 0.3) is 5.91 Å². The third-order valence-corrected chi connectivity index (χ3v) is 3.73. The molecule has 0 aliphatic heterocycles. The molecule has 0 radical (unpaired) electrons. The van der Waals surface area contributed by atoms with Crippen LogP contribution in [0, 0.1) is 19.7 Å². The number of halogens is 1. The summed E-state index contributed by atoms with van der Waals surface area (Å²) in [5.41, 5.74) is 2.59. The molecule has 0 unspecified atom stereocenters. The van der Waals surface area contributed by atoms with Crippen LogP contribution >= 0.6 is 0 Å². The van der Waals surface area contributed by atoms with Crippen LogP contribution in [0.2, 0.25) is 0 Å². The number of esters is 1. The van der Waals surface area contributed by atoms with Gasteiger partial charge >= 0.3 is 5.97 Å². The summed E-state index contributed by atoms with van der Waals surface area (Å²) in [6.45, 7) is 3.43. The van der Waals surface area contributed by atoms with Crippen molar-refractivity contribution in [1.29, 1.82) is 0 Å². The molecule has 0 aromatic heterocycles. The van der Waals surface area contributed by atoms with Gasteiger partial charge in [-0.15, -0.1) is 0 Å². The van der Waals surface area contributed by atoms with Crippen molar-refractivity contribution in [2.75, 3.05) is 13.7 Å². The number of rotatable bonds is 5. The maximum atomic E-state index is 13.6. The molecule has 0 bridgehead atoms. The first-order valence-electron chi connectivity index (χ1n) is 7.60. The lowest BCUT2D eigenvalue weighted by atomic mass is 10.1. The number of carbonyl (C=O) groups is 2. The number of likely N-dealkylation sites (N-methyl/N-ethyl adjacent to an activating group) is 1. The summed E-state index contributed by atoms with van der Waals surface area (Å²) in [6, 6.07) is 11.7. The molecule has 0 saturated carbocycles. The summed E-state index contributed by atoms with van der Waals surface area (Å²) in [7, 11) is 1.54. The van der Waals surface area contributed by atoms with Crippen molar-refractivity contribution in [2.45, 2.75) is 20.4 Å². The third kappa shape index (κ3) is 4.41. The molecule has 4 nitrogen and oxygen atoms in total. The molecule has 126 valence electrons. The van der Waals surface area contributed by atoms with Gasteiger partial charge in [-0.2, -0.15) is 0 Å². The molecule has 0 N–H and O–H groups in total. The summed E-state index contributed by atoms with van der Waals surface area (Å²) >= 11 is 0. The van der Waals surface area contributed by atoms with Crippen molar-refractivity contribution in [3.63, 3.8) is 0 Å². The highest BCUT2D eigenvalue weighted by molar-refractivity contribution is 5.92. The predicted octanol–water partition coefficient (Wildman–Crippen LogP) is 3.26. The Morgan fingerprint density at radius 2 is 1.83 bits per heavy atom. The summed E-state index contributed by atoms with van der Waals surface area (Å²) < 4.78 is 18.7. The maximum Gasteiger partial charge on any atom is 0.338 e. The molecule has 0 fully saturated rings. The summed E-state index contributed by atoms with van der Waals surface area (Å²) in [5, 5.41) is 0. The number of nitrogens with zero attached hydrogens (tertiary/aromatic N) is 1. The van der Waals surface area contributed by atoms with Crippen LogP contribution in [0.5, 0.6) is 0 Å². The smallest absolute Gasteiger partial charge is 0.338 e. The van der Waals surface area contributed by atoms with Crippen LogP contribution in [-0.4, -0.2) is 30.4 Å². The molecule has 2 aromatic carbocycles. The molecule has 24 heavy (non-hydrogen) atoms. The fourth-order valence-corrected chi connectivity index (χ4v) is 2.24. The average Bonchev–Trinajstić information content (AvgIpc) is 2.56. The fraction of sp³-hybridized carbons (Fsp3) is 0.263. The zero-order chi connectivity index (χ0) is 17.7. The SMILES string of the molecule is Cc1ccc(C)c(C(=O)OCC(=O)N(C)Cc2ccccc2F)c1. The minimum absolute atomic E-state index is 0.118. The molecular formula is C19H20FNO3. The molecule has 2 aromatic rings. The quantitative estimate of drug-likeness (QED) is 0.791. The van der Waals surface area contributed by atoms with Crippen LogP contribution in [0.3, 0.4) is 0 Å². The Morgan fingerprint density at radius 1 is 1.12 bits per heavy atom. The van der Waals surface area contributed by atoms with Gasteiger partial charge in [0.15, 0.2) is 6.61 Å². The second-order valence-electron chi connectivity index (χ2n) is 5.74. The lowest BCUT2D eigenvalue weighted by molar-refractivity contribution is -0.133. The largest absolute Gasteiger partial charge is 0.452 e. The van der Waals surface area contributed by atoms with E-state index in [4.69, 9.17) is 4.74 Å². The number of aryl methyl sites for hydroxylation is 2. The Hall–Kier alpha value is -2.69. The van der Waals surface area contributed by atoms with E-state index in [9.17, 15) is 14.0 Å². The van der Waals surface area contributed by atoms with Crippen molar-refractivity contribution in [3.8, 4) is 0 Å². The van der Waals surface area contributed by atoms with Gasteiger partial charge in [0, 0.05) is 19.2 Å². The Morgan fingerprint density at radius 3 is 2.54 bits per heavy atom. The number of ether oxygens (including phenoxy) is 1. The second-order valence-corrected chi connectivity index (χ2v) is 5.74. The first-order chi connectivity index (χ1) is 11.4. The van der Waals surface area contributed by atoms with E-state index in [1.54, 1.807) is 31.3 Å². The van der Waals surface area contributed by atoms with Crippen LogP contribution in [0.15, 0.2) is 42.5 Å². The summed E-state index contributed by atoms with van der Waals surface area (Å²) in [4.78, 5) is 25.5. The van der Waals surface area contributed by atoms with Crippen molar-refractivity contribution in [1.82, 2.24) is 4.90 Å². The minimum Gasteiger partial charge on any atom is -0.452 e. The van der Waals surface area contributed by atoms with E-state index in [0.717, 1.165) is 11.1 Å². The third-order valence-electron chi connectivity index (χ3n) is 3.73. The van der Waals surface area contributed by atoms with Crippen LogP contribution in [0.4, 0.5) is 4.39 Å². The number of benzene rings is 2. The van der Waals surface area contributed by atoms with E-state index in [1.165, 1.54) is 11.0 Å². The topological polar surface area (TPSA) is 46.6 Å². The highest BCUT2D eigenvalue weighted by atomic mass is 19.1. The van der Waals surface area contributed by atoms with Gasteiger partial charge in [-0.25, -0.2) is 9.18 Å². The highest BCUT2D eigenvalue weighted by Crippen LogP contribution is 2.13. The van der Waals surface area contributed by atoms with Crippen LogP contribution < -0.4 is 0 Å². The normalized spacial score (nSPS) is 10.3.